The van der Waals surface area contributed by atoms with Gasteiger partial charge in [-0.2, -0.15) is 24.3 Å². The number of para-hydroxylation sites is 1. The number of benzene rings is 3. The van der Waals surface area contributed by atoms with Crippen LogP contribution >= 0.6 is 0 Å². The number of hydrogen-bond donors (Lipinski definition) is 0. The number of fused-ring (bicyclic) bond motifs is 3. The first kappa shape index (κ1) is 23.0. The molecule has 0 atom stereocenters. The number of hydrogen-bond acceptors (Lipinski definition) is 3. The Balaban J connectivity index is 0.00000253. The summed E-state index contributed by atoms with van der Waals surface area (Å²) in [6.07, 6.45) is 3.62. The zero-order valence-electron chi connectivity index (χ0n) is 19.2. The van der Waals surface area contributed by atoms with E-state index in [1.807, 2.05) is 62.6 Å². The van der Waals surface area contributed by atoms with Crippen LogP contribution in [0.5, 0.6) is 11.6 Å². The number of pyridine rings is 2. The molecule has 3 aromatic carbocycles. The first-order chi connectivity index (χ1) is 16.7. The Morgan fingerprint density at radius 1 is 0.771 bits per heavy atom. The van der Waals surface area contributed by atoms with Crippen LogP contribution < -0.4 is 4.74 Å². The Morgan fingerprint density at radius 3 is 2.43 bits per heavy atom. The molecule has 0 N–H and O–H groups in total. The van der Waals surface area contributed by atoms with E-state index in [1.165, 1.54) is 5.39 Å². The largest absolute Gasteiger partial charge is 2.00 e. The Labute approximate surface area is 218 Å². The van der Waals surface area contributed by atoms with E-state index in [9.17, 15) is 0 Å². The van der Waals surface area contributed by atoms with E-state index < -0.39 is 0 Å². The molecule has 0 fully saturated rings. The van der Waals surface area contributed by atoms with Gasteiger partial charge in [0.2, 0.25) is 5.88 Å². The molecule has 0 bridgehead atoms. The summed E-state index contributed by atoms with van der Waals surface area (Å²) in [4.78, 5) is 9.03. The summed E-state index contributed by atoms with van der Waals surface area (Å²) in [6, 6.07) is 33.5. The van der Waals surface area contributed by atoms with Gasteiger partial charge in [0, 0.05) is 29.2 Å². The third-order valence-corrected chi connectivity index (χ3v) is 5.89. The van der Waals surface area contributed by atoms with Crippen LogP contribution in [0.3, 0.4) is 0 Å². The van der Waals surface area contributed by atoms with E-state index in [4.69, 9.17) is 4.74 Å². The van der Waals surface area contributed by atoms with Gasteiger partial charge >= 0.3 is 21.1 Å². The van der Waals surface area contributed by atoms with Crippen LogP contribution in [0.25, 0.3) is 38.8 Å². The van der Waals surface area contributed by atoms with Crippen molar-refractivity contribution in [2.75, 3.05) is 0 Å². The van der Waals surface area contributed by atoms with Crippen LogP contribution in [0.15, 0.2) is 91.3 Å². The van der Waals surface area contributed by atoms with E-state index in [0.29, 0.717) is 11.6 Å². The van der Waals surface area contributed by atoms with Crippen LogP contribution in [-0.4, -0.2) is 14.5 Å². The third kappa shape index (κ3) is 4.26. The average Bonchev–Trinajstić information content (AvgIpc) is 3.20. The van der Waals surface area contributed by atoms with Gasteiger partial charge in [0.15, 0.2) is 0 Å². The van der Waals surface area contributed by atoms with Crippen molar-refractivity contribution in [3.05, 3.63) is 115 Å². The van der Waals surface area contributed by atoms with Gasteiger partial charge in [0.25, 0.3) is 0 Å². The van der Waals surface area contributed by atoms with Crippen LogP contribution in [-0.2, 0) is 21.1 Å². The van der Waals surface area contributed by atoms with Gasteiger partial charge in [-0.3, -0.25) is 0 Å². The second kappa shape index (κ2) is 9.48. The maximum absolute atomic E-state index is 6.06. The molecule has 0 saturated carbocycles. The Hall–Kier alpha value is -3.75. The molecule has 0 radical (unpaired) electrons. The molecule has 0 saturated heterocycles. The van der Waals surface area contributed by atoms with Gasteiger partial charge in [-0.25, -0.2) is 21.1 Å². The molecule has 0 aliphatic heterocycles. The van der Waals surface area contributed by atoms with Crippen LogP contribution in [0.2, 0.25) is 0 Å². The normalized spacial score (nSPS) is 10.9. The van der Waals surface area contributed by atoms with E-state index in [0.717, 1.165) is 44.5 Å². The molecule has 0 spiro atoms. The molecule has 6 rings (SSSR count). The quantitative estimate of drug-likeness (QED) is 0.192. The van der Waals surface area contributed by atoms with Crippen LogP contribution in [0, 0.1) is 26.0 Å². The van der Waals surface area contributed by atoms with Crippen LogP contribution in [0.4, 0.5) is 0 Å². The van der Waals surface area contributed by atoms with Crippen molar-refractivity contribution in [1.29, 1.82) is 0 Å². The zero-order chi connectivity index (χ0) is 23.1. The summed E-state index contributed by atoms with van der Waals surface area (Å²) in [5.41, 5.74) is 6.02. The first-order valence-corrected chi connectivity index (χ1v) is 11.2. The van der Waals surface area contributed by atoms with E-state index in [2.05, 4.69) is 69.1 Å². The summed E-state index contributed by atoms with van der Waals surface area (Å²) in [5, 5.41) is 2.31. The van der Waals surface area contributed by atoms with E-state index >= 15 is 0 Å². The molecule has 0 amide bonds. The second-order valence-corrected chi connectivity index (χ2v) is 8.34. The third-order valence-electron chi connectivity index (χ3n) is 5.89. The number of aryl methyl sites for hydroxylation is 2. The molecule has 3 aromatic heterocycles. The second-order valence-electron chi connectivity index (χ2n) is 8.34. The van der Waals surface area contributed by atoms with Crippen molar-refractivity contribution < 1.29 is 25.8 Å². The van der Waals surface area contributed by atoms with Crippen molar-refractivity contribution in [3.63, 3.8) is 0 Å². The minimum Gasteiger partial charge on any atom is -0.460 e. The molecular formula is C30H21N3OPt. The van der Waals surface area contributed by atoms with Crippen molar-refractivity contribution in [2.45, 2.75) is 13.8 Å². The first-order valence-electron chi connectivity index (χ1n) is 11.2. The summed E-state index contributed by atoms with van der Waals surface area (Å²) in [7, 11) is 0. The van der Waals surface area contributed by atoms with Gasteiger partial charge in [-0.15, -0.1) is 18.2 Å². The Bertz CT molecular complexity index is 1660. The van der Waals surface area contributed by atoms with Gasteiger partial charge in [-0.05, 0) is 54.6 Å². The van der Waals surface area contributed by atoms with Gasteiger partial charge in [0.05, 0.1) is 0 Å². The monoisotopic (exact) mass is 634 g/mol. The summed E-state index contributed by atoms with van der Waals surface area (Å²) in [5.74, 6) is 2.08. The Morgan fingerprint density at radius 2 is 1.60 bits per heavy atom. The number of ether oxygens (including phenoxy) is 1. The molecule has 4 nitrogen and oxygen atoms in total. The Kier molecular flexibility index (Phi) is 6.23. The molecule has 0 aliphatic rings. The van der Waals surface area contributed by atoms with E-state index in [-0.39, 0.29) is 21.1 Å². The van der Waals surface area contributed by atoms with Crippen LogP contribution in [0.1, 0.15) is 11.1 Å². The fourth-order valence-corrected chi connectivity index (χ4v) is 4.35. The summed E-state index contributed by atoms with van der Waals surface area (Å²) >= 11 is 0. The smallest absolute Gasteiger partial charge is 0.460 e. The standard InChI is InChI=1S/C30H21N3O.Pt/c1-20-16-21(2)30(32-19-20)34-24-9-7-8-22(17-24)23-13-14-26-25-10-3-4-11-27(25)33(28(26)18-23)29-12-5-6-15-31-29;/h3-16,19H,1-2H3;/q-2;+2. The van der Waals surface area contributed by atoms with Crippen molar-refractivity contribution in [1.82, 2.24) is 14.5 Å². The maximum atomic E-state index is 6.06. The molecule has 5 heteroatoms. The van der Waals surface area contributed by atoms with Gasteiger partial charge < -0.3 is 9.30 Å². The molecule has 35 heavy (non-hydrogen) atoms. The van der Waals surface area contributed by atoms with Crippen molar-refractivity contribution in [2.24, 2.45) is 0 Å². The van der Waals surface area contributed by atoms with Crippen molar-refractivity contribution in [3.8, 4) is 28.6 Å². The molecule has 6 aromatic rings. The topological polar surface area (TPSA) is 39.9 Å². The number of aromatic nitrogens is 3. The minimum atomic E-state index is 0. The van der Waals surface area contributed by atoms with E-state index in [1.54, 1.807) is 0 Å². The number of nitrogens with zero attached hydrogens (tertiary/aromatic N) is 3. The van der Waals surface area contributed by atoms with Gasteiger partial charge in [-0.1, -0.05) is 29.7 Å². The summed E-state index contributed by atoms with van der Waals surface area (Å²) in [6.45, 7) is 4.02. The molecule has 0 unspecified atom stereocenters. The molecular weight excluding hydrogens is 613 g/mol. The molecule has 0 aliphatic carbocycles. The average molecular weight is 635 g/mol. The maximum Gasteiger partial charge on any atom is 2.00 e. The summed E-state index contributed by atoms with van der Waals surface area (Å²) < 4.78 is 8.22. The fraction of sp³-hybridized carbons (Fsp3) is 0.0667. The molecule has 172 valence electrons. The minimum absolute atomic E-state index is 0. The van der Waals surface area contributed by atoms with Crippen molar-refractivity contribution >= 4 is 21.8 Å². The zero-order valence-corrected chi connectivity index (χ0v) is 21.5. The molecule has 3 heterocycles. The predicted octanol–water partition coefficient (Wildman–Crippen LogP) is 7.25. The predicted molar refractivity (Wildman–Crippen MR) is 135 cm³/mol. The number of rotatable bonds is 4. The fourth-order valence-electron chi connectivity index (χ4n) is 4.35. The SMILES string of the molecule is Cc1cnc(Oc2[c-]c(-c3[c-]c4c(cc3)c3ccccc3n4-c3ccccn3)ccc2)c(C)c1.[Pt+2]. The van der Waals surface area contributed by atoms with Gasteiger partial charge in [0.1, 0.15) is 5.82 Å².